The molecule has 0 aromatic heterocycles. The number of nitrogens with one attached hydrogen (secondary N) is 1. The van der Waals surface area contributed by atoms with Crippen LogP contribution in [-0.2, 0) is 4.79 Å². The van der Waals surface area contributed by atoms with Crippen molar-refractivity contribution in [1.29, 1.82) is 0 Å². The van der Waals surface area contributed by atoms with Crippen LogP contribution in [0.4, 0.5) is 10.1 Å². The number of benzene rings is 2. The zero-order chi connectivity index (χ0) is 18.2. The van der Waals surface area contributed by atoms with Crippen LogP contribution < -0.4 is 5.32 Å². The molecule has 1 atom stereocenters. The lowest BCUT2D eigenvalue weighted by molar-refractivity contribution is -0.121. The van der Waals surface area contributed by atoms with Crippen LogP contribution in [0.1, 0.15) is 23.7 Å². The van der Waals surface area contributed by atoms with Gasteiger partial charge in [-0.3, -0.25) is 14.6 Å². The minimum absolute atomic E-state index is 0.256. The molecule has 0 bridgehead atoms. The van der Waals surface area contributed by atoms with Crippen molar-refractivity contribution >= 4 is 35.2 Å². The number of ketones is 1. The molecule has 1 unspecified atom stereocenters. The van der Waals surface area contributed by atoms with Crippen LogP contribution in [0.2, 0.25) is 5.02 Å². The SMILES string of the molecule is CCCNC(=O)C(C=Nc1ccc(F)cc1)C(=O)c1ccccc1Cl. The number of rotatable bonds is 7. The van der Waals surface area contributed by atoms with Gasteiger partial charge in [-0.05, 0) is 42.8 Å². The highest BCUT2D eigenvalue weighted by Gasteiger charge is 2.27. The molecule has 0 saturated heterocycles. The zero-order valence-electron chi connectivity index (χ0n) is 13.7. The van der Waals surface area contributed by atoms with Crippen LogP contribution in [0.5, 0.6) is 0 Å². The van der Waals surface area contributed by atoms with Crippen molar-refractivity contribution < 1.29 is 14.0 Å². The van der Waals surface area contributed by atoms with E-state index in [0.29, 0.717) is 12.2 Å². The summed E-state index contributed by atoms with van der Waals surface area (Å²) in [5, 5.41) is 2.97. The summed E-state index contributed by atoms with van der Waals surface area (Å²) in [6.07, 6.45) is 2.01. The maximum atomic E-state index is 13.0. The second-order valence-electron chi connectivity index (χ2n) is 5.37. The Morgan fingerprint density at radius 1 is 1.20 bits per heavy atom. The van der Waals surface area contributed by atoms with Gasteiger partial charge in [0.15, 0.2) is 5.78 Å². The molecule has 6 heteroatoms. The molecule has 4 nitrogen and oxygen atoms in total. The van der Waals surface area contributed by atoms with Gasteiger partial charge in [0.1, 0.15) is 11.7 Å². The third kappa shape index (κ3) is 5.22. The average Bonchev–Trinajstić information content (AvgIpc) is 2.61. The van der Waals surface area contributed by atoms with Crippen molar-refractivity contribution in [3.8, 4) is 0 Å². The zero-order valence-corrected chi connectivity index (χ0v) is 14.5. The Balaban J connectivity index is 2.29. The summed E-state index contributed by atoms with van der Waals surface area (Å²) in [5.74, 6) is -2.39. The van der Waals surface area contributed by atoms with Crippen LogP contribution in [0.3, 0.4) is 0 Å². The molecular formula is C19H18ClFN2O2. The lowest BCUT2D eigenvalue weighted by Gasteiger charge is -2.12. The molecule has 2 rings (SSSR count). The first-order valence-corrected chi connectivity index (χ1v) is 8.27. The Hall–Kier alpha value is -2.53. The Morgan fingerprint density at radius 3 is 2.52 bits per heavy atom. The summed E-state index contributed by atoms with van der Waals surface area (Å²) in [6.45, 7) is 2.37. The normalized spacial score (nSPS) is 12.1. The van der Waals surface area contributed by atoms with E-state index in [4.69, 9.17) is 11.6 Å². The first-order valence-electron chi connectivity index (χ1n) is 7.89. The fourth-order valence-corrected chi connectivity index (χ4v) is 2.36. The van der Waals surface area contributed by atoms with Crippen LogP contribution in [0.15, 0.2) is 53.5 Å². The third-order valence-electron chi connectivity index (χ3n) is 3.45. The van der Waals surface area contributed by atoms with Gasteiger partial charge in [-0.15, -0.1) is 0 Å². The van der Waals surface area contributed by atoms with E-state index in [1.165, 1.54) is 30.5 Å². The Morgan fingerprint density at radius 2 is 1.88 bits per heavy atom. The van der Waals surface area contributed by atoms with Crippen molar-refractivity contribution in [2.24, 2.45) is 10.9 Å². The maximum absolute atomic E-state index is 13.0. The van der Waals surface area contributed by atoms with Crippen molar-refractivity contribution in [2.75, 3.05) is 6.54 Å². The molecule has 0 aliphatic carbocycles. The molecule has 0 saturated carbocycles. The molecule has 25 heavy (non-hydrogen) atoms. The predicted octanol–water partition coefficient (Wildman–Crippen LogP) is 4.21. The number of nitrogens with zero attached hydrogens (tertiary/aromatic N) is 1. The minimum atomic E-state index is -1.11. The summed E-state index contributed by atoms with van der Waals surface area (Å²) >= 11 is 6.07. The summed E-state index contributed by atoms with van der Waals surface area (Å²) in [4.78, 5) is 29.3. The number of amides is 1. The van der Waals surface area contributed by atoms with Crippen molar-refractivity contribution in [3.05, 3.63) is 64.9 Å². The summed E-state index contributed by atoms with van der Waals surface area (Å²) < 4.78 is 13.0. The van der Waals surface area contributed by atoms with Crippen molar-refractivity contribution in [3.63, 3.8) is 0 Å². The fourth-order valence-electron chi connectivity index (χ4n) is 2.13. The lowest BCUT2D eigenvalue weighted by Crippen LogP contribution is -2.37. The molecule has 1 N–H and O–H groups in total. The molecule has 0 spiro atoms. The monoisotopic (exact) mass is 360 g/mol. The first kappa shape index (κ1) is 18.8. The van der Waals surface area contributed by atoms with Gasteiger partial charge < -0.3 is 5.32 Å². The van der Waals surface area contributed by atoms with E-state index < -0.39 is 17.6 Å². The van der Waals surface area contributed by atoms with E-state index in [9.17, 15) is 14.0 Å². The second-order valence-corrected chi connectivity index (χ2v) is 5.77. The first-order chi connectivity index (χ1) is 12.0. The van der Waals surface area contributed by atoms with Gasteiger partial charge in [0.05, 0.1) is 10.7 Å². The van der Waals surface area contributed by atoms with E-state index in [2.05, 4.69) is 10.3 Å². The minimum Gasteiger partial charge on any atom is -0.355 e. The van der Waals surface area contributed by atoms with E-state index in [1.807, 2.05) is 6.92 Å². The molecule has 0 heterocycles. The van der Waals surface area contributed by atoms with Gasteiger partial charge in [-0.25, -0.2) is 4.39 Å². The van der Waals surface area contributed by atoms with Crippen LogP contribution in [0, 0.1) is 11.7 Å². The third-order valence-corrected chi connectivity index (χ3v) is 3.78. The Kier molecular flexibility index (Phi) is 6.83. The second kappa shape index (κ2) is 9.08. The highest BCUT2D eigenvalue weighted by Crippen LogP contribution is 2.20. The smallest absolute Gasteiger partial charge is 0.236 e. The predicted molar refractivity (Wildman–Crippen MR) is 97.1 cm³/mol. The van der Waals surface area contributed by atoms with Gasteiger partial charge in [0.25, 0.3) is 0 Å². The number of hydrogen-bond acceptors (Lipinski definition) is 3. The topological polar surface area (TPSA) is 58.5 Å². The van der Waals surface area contributed by atoms with E-state index in [0.717, 1.165) is 6.42 Å². The van der Waals surface area contributed by atoms with Crippen LogP contribution in [-0.4, -0.2) is 24.4 Å². The standard InChI is InChI=1S/C19H18ClFN2O2/c1-2-11-22-19(25)16(12-23-14-9-7-13(21)8-10-14)18(24)15-5-3-4-6-17(15)20/h3-10,12,16H,2,11H2,1H3,(H,22,25). The number of halogens is 2. The quantitative estimate of drug-likeness (QED) is 0.457. The van der Waals surface area contributed by atoms with E-state index in [-0.39, 0.29) is 16.4 Å². The molecule has 2 aromatic rings. The Bertz CT molecular complexity index is 775. The summed E-state index contributed by atoms with van der Waals surface area (Å²) in [6, 6.07) is 12.0. The number of carbonyl (C=O) groups is 2. The highest BCUT2D eigenvalue weighted by atomic mass is 35.5. The van der Waals surface area contributed by atoms with Crippen LogP contribution >= 0.6 is 11.6 Å². The molecule has 130 valence electrons. The fraction of sp³-hybridized carbons (Fsp3) is 0.211. The number of aliphatic imine (C=N–C) groups is 1. The lowest BCUT2D eigenvalue weighted by atomic mass is 9.97. The molecular weight excluding hydrogens is 343 g/mol. The number of carbonyl (C=O) groups excluding carboxylic acids is 2. The molecule has 0 radical (unpaired) electrons. The van der Waals surface area contributed by atoms with Gasteiger partial charge in [-0.1, -0.05) is 30.7 Å². The molecule has 2 aromatic carbocycles. The number of hydrogen-bond donors (Lipinski definition) is 1. The molecule has 0 fully saturated rings. The van der Waals surface area contributed by atoms with Gasteiger partial charge in [0.2, 0.25) is 5.91 Å². The van der Waals surface area contributed by atoms with Crippen molar-refractivity contribution in [1.82, 2.24) is 5.32 Å². The maximum Gasteiger partial charge on any atom is 0.236 e. The Labute approximate surface area is 150 Å². The van der Waals surface area contributed by atoms with Crippen LogP contribution in [0.25, 0.3) is 0 Å². The molecule has 0 aliphatic rings. The molecule has 0 aliphatic heterocycles. The van der Waals surface area contributed by atoms with Gasteiger partial charge >= 0.3 is 0 Å². The van der Waals surface area contributed by atoms with E-state index in [1.54, 1.807) is 24.3 Å². The van der Waals surface area contributed by atoms with E-state index >= 15 is 0 Å². The van der Waals surface area contributed by atoms with Gasteiger partial charge in [0, 0.05) is 18.3 Å². The largest absolute Gasteiger partial charge is 0.355 e. The summed E-state index contributed by atoms with van der Waals surface area (Å²) in [7, 11) is 0. The van der Waals surface area contributed by atoms with Gasteiger partial charge in [-0.2, -0.15) is 0 Å². The molecule has 1 amide bonds. The summed E-state index contributed by atoms with van der Waals surface area (Å²) in [5.41, 5.74) is 0.702. The highest BCUT2D eigenvalue weighted by molar-refractivity contribution is 6.35. The average molecular weight is 361 g/mol. The number of Topliss-reactive ketones (excluding diaryl/α,β-unsaturated/α-hetero) is 1. The van der Waals surface area contributed by atoms with Crippen molar-refractivity contribution in [2.45, 2.75) is 13.3 Å².